The van der Waals surface area contributed by atoms with Gasteiger partial charge in [0, 0.05) is 10.0 Å². The molecule has 1 aliphatic heterocycles. The molecule has 0 unspecified atom stereocenters. The molecule has 1 fully saturated rings. The molecular weight excluding hydrogens is 552 g/mol. The van der Waals surface area contributed by atoms with Crippen LogP contribution in [0, 0.1) is 0 Å². The number of halogens is 1. The van der Waals surface area contributed by atoms with Gasteiger partial charge in [-0.3, -0.25) is 19.3 Å². The summed E-state index contributed by atoms with van der Waals surface area (Å²) in [6.45, 7) is -0.0224. The summed E-state index contributed by atoms with van der Waals surface area (Å²) in [6, 6.07) is 28.7. The van der Waals surface area contributed by atoms with E-state index in [-0.39, 0.29) is 11.4 Å². The van der Waals surface area contributed by atoms with E-state index in [1.54, 1.807) is 24.3 Å². The number of thioether (sulfide) groups is 1. The minimum atomic E-state index is -0.513. The number of carbonyl (C=O) groups excluding carboxylic acids is 3. The molecule has 6 nitrogen and oxygen atoms in total. The highest BCUT2D eigenvalue weighted by Gasteiger charge is 2.36. The van der Waals surface area contributed by atoms with E-state index in [0.29, 0.717) is 28.1 Å². The lowest BCUT2D eigenvalue weighted by atomic mass is 10.1. The van der Waals surface area contributed by atoms with Crippen LogP contribution in [0.2, 0.25) is 0 Å². The maximum Gasteiger partial charge on any atom is 0.294 e. The van der Waals surface area contributed by atoms with Gasteiger partial charge in [-0.2, -0.15) is 0 Å². The Balaban J connectivity index is 1.30. The zero-order chi connectivity index (χ0) is 25.8. The second kappa shape index (κ2) is 11.0. The van der Waals surface area contributed by atoms with Crippen LogP contribution in [0.15, 0.2) is 100 Å². The van der Waals surface area contributed by atoms with Gasteiger partial charge in [-0.05, 0) is 68.3 Å². The minimum Gasteiger partial charge on any atom is -0.488 e. The maximum absolute atomic E-state index is 13.0. The van der Waals surface area contributed by atoms with Gasteiger partial charge in [-0.1, -0.05) is 72.8 Å². The summed E-state index contributed by atoms with van der Waals surface area (Å²) in [4.78, 5) is 39.3. The van der Waals surface area contributed by atoms with Crippen LogP contribution < -0.4 is 10.1 Å². The Hall–Kier alpha value is -3.88. The van der Waals surface area contributed by atoms with E-state index in [1.807, 2.05) is 54.6 Å². The molecule has 0 atom stereocenters. The first-order valence-corrected chi connectivity index (χ1v) is 13.1. The van der Waals surface area contributed by atoms with Crippen LogP contribution in [0.3, 0.4) is 0 Å². The van der Waals surface area contributed by atoms with Gasteiger partial charge in [-0.15, -0.1) is 0 Å². The zero-order valence-corrected chi connectivity index (χ0v) is 21.9. The maximum atomic E-state index is 13.0. The molecule has 37 heavy (non-hydrogen) atoms. The SMILES string of the molecule is O=C(CN1C(=O)S/C(=C\c2ccccc2OCc2cccc3ccccc23)C1=O)Nc1ccccc1Br. The molecular formula is C29H21BrN2O4S. The van der Waals surface area contributed by atoms with E-state index >= 15 is 0 Å². The highest BCUT2D eigenvalue weighted by atomic mass is 79.9. The van der Waals surface area contributed by atoms with Crippen molar-refractivity contribution in [3.8, 4) is 5.75 Å². The van der Waals surface area contributed by atoms with Gasteiger partial charge in [-0.25, -0.2) is 0 Å². The predicted octanol–water partition coefficient (Wildman–Crippen LogP) is 6.86. The molecule has 5 rings (SSSR count). The van der Waals surface area contributed by atoms with Crippen molar-refractivity contribution in [2.24, 2.45) is 0 Å². The Morgan fingerprint density at radius 3 is 2.51 bits per heavy atom. The van der Waals surface area contributed by atoms with Gasteiger partial charge in [0.15, 0.2) is 0 Å². The number of rotatable bonds is 7. The van der Waals surface area contributed by atoms with E-state index in [1.165, 1.54) is 0 Å². The summed E-state index contributed by atoms with van der Waals surface area (Å²) in [7, 11) is 0. The topological polar surface area (TPSA) is 75.7 Å². The van der Waals surface area contributed by atoms with Crippen LogP contribution in [0.5, 0.6) is 5.75 Å². The molecule has 184 valence electrons. The van der Waals surface area contributed by atoms with Crippen molar-refractivity contribution in [1.82, 2.24) is 4.90 Å². The van der Waals surface area contributed by atoms with Crippen molar-refractivity contribution in [3.63, 3.8) is 0 Å². The van der Waals surface area contributed by atoms with E-state index in [2.05, 4.69) is 39.4 Å². The van der Waals surface area contributed by atoms with Crippen LogP contribution in [0.1, 0.15) is 11.1 Å². The molecule has 1 saturated heterocycles. The van der Waals surface area contributed by atoms with E-state index in [0.717, 1.165) is 33.0 Å². The van der Waals surface area contributed by atoms with Crippen LogP contribution >= 0.6 is 27.7 Å². The van der Waals surface area contributed by atoms with Crippen LogP contribution in [-0.4, -0.2) is 28.5 Å². The van der Waals surface area contributed by atoms with Gasteiger partial charge in [0.05, 0.1) is 10.6 Å². The Morgan fingerprint density at radius 2 is 1.65 bits per heavy atom. The van der Waals surface area contributed by atoms with Gasteiger partial charge in [0.1, 0.15) is 18.9 Å². The van der Waals surface area contributed by atoms with E-state index in [4.69, 9.17) is 4.74 Å². The molecule has 3 amide bonds. The summed E-state index contributed by atoms with van der Waals surface area (Å²) >= 11 is 4.17. The Labute approximate surface area is 226 Å². The zero-order valence-electron chi connectivity index (χ0n) is 19.5. The number of carbonyl (C=O) groups is 3. The number of benzene rings is 4. The van der Waals surface area contributed by atoms with Crippen LogP contribution in [-0.2, 0) is 16.2 Å². The second-order valence-electron chi connectivity index (χ2n) is 8.26. The summed E-state index contributed by atoms with van der Waals surface area (Å²) in [5.74, 6) is -0.385. The fourth-order valence-corrected chi connectivity index (χ4v) is 5.19. The lowest BCUT2D eigenvalue weighted by Crippen LogP contribution is -2.36. The highest BCUT2D eigenvalue weighted by Crippen LogP contribution is 2.34. The number of anilines is 1. The number of hydrogen-bond donors (Lipinski definition) is 1. The lowest BCUT2D eigenvalue weighted by Gasteiger charge is -2.13. The number of hydrogen-bond acceptors (Lipinski definition) is 5. The normalized spacial score (nSPS) is 14.4. The molecule has 0 saturated carbocycles. The van der Waals surface area contributed by atoms with Crippen molar-refractivity contribution in [3.05, 3.63) is 112 Å². The summed E-state index contributed by atoms with van der Waals surface area (Å²) in [5.41, 5.74) is 2.28. The molecule has 0 bridgehead atoms. The summed E-state index contributed by atoms with van der Waals surface area (Å²) < 4.78 is 6.85. The monoisotopic (exact) mass is 572 g/mol. The smallest absolute Gasteiger partial charge is 0.294 e. The largest absolute Gasteiger partial charge is 0.488 e. The molecule has 0 spiro atoms. The quantitative estimate of drug-likeness (QED) is 0.245. The minimum absolute atomic E-state index is 0.236. The second-order valence-corrected chi connectivity index (χ2v) is 10.1. The molecule has 1 aliphatic rings. The fourth-order valence-electron chi connectivity index (χ4n) is 3.98. The number of imide groups is 1. The third kappa shape index (κ3) is 5.60. The number of fused-ring (bicyclic) bond motifs is 1. The van der Waals surface area contributed by atoms with Crippen molar-refractivity contribution in [2.45, 2.75) is 6.61 Å². The van der Waals surface area contributed by atoms with Crippen molar-refractivity contribution in [2.75, 3.05) is 11.9 Å². The van der Waals surface area contributed by atoms with E-state index < -0.39 is 17.1 Å². The van der Waals surface area contributed by atoms with Crippen molar-refractivity contribution < 1.29 is 19.1 Å². The molecule has 1 heterocycles. The van der Waals surface area contributed by atoms with Crippen LogP contribution in [0.4, 0.5) is 10.5 Å². The molecule has 8 heteroatoms. The molecule has 0 aromatic heterocycles. The Kier molecular flexibility index (Phi) is 7.39. The van der Waals surface area contributed by atoms with Gasteiger partial charge in [0.2, 0.25) is 5.91 Å². The predicted molar refractivity (Wildman–Crippen MR) is 150 cm³/mol. The third-order valence-electron chi connectivity index (χ3n) is 5.79. The first-order chi connectivity index (χ1) is 18.0. The number of nitrogens with zero attached hydrogens (tertiary/aromatic N) is 1. The average molecular weight is 573 g/mol. The number of amides is 3. The van der Waals surface area contributed by atoms with Gasteiger partial charge < -0.3 is 10.1 Å². The fraction of sp³-hybridized carbons (Fsp3) is 0.0690. The van der Waals surface area contributed by atoms with Gasteiger partial charge in [0.25, 0.3) is 11.1 Å². The number of nitrogens with one attached hydrogen (secondary N) is 1. The molecule has 1 N–H and O–H groups in total. The number of para-hydroxylation sites is 2. The first-order valence-electron chi connectivity index (χ1n) is 11.5. The lowest BCUT2D eigenvalue weighted by molar-refractivity contribution is -0.127. The first kappa shape index (κ1) is 24.8. The Morgan fingerprint density at radius 1 is 0.919 bits per heavy atom. The van der Waals surface area contributed by atoms with Crippen LogP contribution in [0.25, 0.3) is 16.8 Å². The standard InChI is InChI=1S/C29H21BrN2O4S/c30-23-13-4-5-14-24(23)31-27(33)17-32-28(34)26(37-29(32)35)16-20-9-2-6-15-25(20)36-18-21-11-7-10-19-8-1-3-12-22(19)21/h1-16H,17-18H2,(H,31,33)/b26-16-. The Bertz CT molecular complexity index is 1550. The highest BCUT2D eigenvalue weighted by molar-refractivity contribution is 9.10. The van der Waals surface area contributed by atoms with Gasteiger partial charge >= 0.3 is 0 Å². The summed E-state index contributed by atoms with van der Waals surface area (Å²) in [6.07, 6.45) is 1.63. The summed E-state index contributed by atoms with van der Waals surface area (Å²) in [5, 5.41) is 4.47. The molecule has 0 aliphatic carbocycles. The molecule has 4 aromatic carbocycles. The molecule has 0 radical (unpaired) electrons. The molecule has 4 aromatic rings. The van der Waals surface area contributed by atoms with E-state index in [9.17, 15) is 14.4 Å². The average Bonchev–Trinajstić information content (AvgIpc) is 3.16. The van der Waals surface area contributed by atoms with Crippen molar-refractivity contribution >= 4 is 67.3 Å². The van der Waals surface area contributed by atoms with Crippen molar-refractivity contribution in [1.29, 1.82) is 0 Å². The number of ether oxygens (including phenoxy) is 1. The third-order valence-corrected chi connectivity index (χ3v) is 7.39.